The number of nitrogens with zero attached hydrogens (tertiary/aromatic N) is 3. The van der Waals surface area contributed by atoms with Crippen LogP contribution in [-0.2, 0) is 17.6 Å². The zero-order valence-electron chi connectivity index (χ0n) is 13.2. The number of aromatic nitrogens is 1. The van der Waals surface area contributed by atoms with E-state index < -0.39 is 0 Å². The van der Waals surface area contributed by atoms with Crippen LogP contribution in [0.25, 0.3) is 0 Å². The number of hydrogen-bond donors (Lipinski definition) is 1. The van der Waals surface area contributed by atoms with Crippen LogP contribution in [0.1, 0.15) is 36.9 Å². The molecule has 0 spiro atoms. The van der Waals surface area contributed by atoms with E-state index in [1.807, 2.05) is 10.3 Å². The summed E-state index contributed by atoms with van der Waals surface area (Å²) in [7, 11) is 0. The molecule has 1 aliphatic carbocycles. The molecule has 22 heavy (non-hydrogen) atoms. The molecule has 122 valence electrons. The fourth-order valence-corrected chi connectivity index (χ4v) is 4.25. The largest absolute Gasteiger partial charge is 0.391 e. The van der Waals surface area contributed by atoms with Gasteiger partial charge in [0.25, 0.3) is 0 Å². The fraction of sp³-hybridized carbons (Fsp3) is 0.750. The van der Waals surface area contributed by atoms with Gasteiger partial charge in [-0.15, -0.1) is 11.3 Å². The lowest BCUT2D eigenvalue weighted by Crippen LogP contribution is -2.53. The van der Waals surface area contributed by atoms with Crippen LogP contribution in [0.15, 0.2) is 5.38 Å². The Morgan fingerprint density at radius 1 is 1.36 bits per heavy atom. The standard InChI is InChI=1S/C16H25N3O2S/c1-2-15-17-12(11-22-15)10-16(21)19-8-6-18(7-9-19)13-4-3-5-14(13)20/h11,13-14,20H,2-10H2,1H3/t13-,14-/m1/s1. The van der Waals surface area contributed by atoms with E-state index in [-0.39, 0.29) is 12.0 Å². The van der Waals surface area contributed by atoms with Crippen molar-refractivity contribution in [1.29, 1.82) is 0 Å². The van der Waals surface area contributed by atoms with Crippen molar-refractivity contribution >= 4 is 17.2 Å². The topological polar surface area (TPSA) is 56.7 Å². The normalized spacial score (nSPS) is 26.5. The minimum absolute atomic E-state index is 0.176. The van der Waals surface area contributed by atoms with Crippen molar-refractivity contribution < 1.29 is 9.90 Å². The summed E-state index contributed by atoms with van der Waals surface area (Å²) in [5.74, 6) is 0.180. The van der Waals surface area contributed by atoms with Gasteiger partial charge in [-0.25, -0.2) is 4.98 Å². The second-order valence-electron chi connectivity index (χ2n) is 6.25. The zero-order valence-corrected chi connectivity index (χ0v) is 14.0. The summed E-state index contributed by atoms with van der Waals surface area (Å²) in [6.07, 6.45) is 4.31. The molecular formula is C16H25N3O2S. The van der Waals surface area contributed by atoms with E-state index in [1.165, 1.54) is 0 Å². The van der Waals surface area contributed by atoms with E-state index in [2.05, 4.69) is 16.8 Å². The molecule has 2 fully saturated rings. The molecule has 1 saturated carbocycles. The highest BCUT2D eigenvalue weighted by molar-refractivity contribution is 7.09. The summed E-state index contributed by atoms with van der Waals surface area (Å²) in [5, 5.41) is 13.1. The van der Waals surface area contributed by atoms with Crippen molar-refractivity contribution in [2.45, 2.75) is 51.2 Å². The van der Waals surface area contributed by atoms with E-state index in [9.17, 15) is 9.90 Å². The second kappa shape index (κ2) is 7.06. The van der Waals surface area contributed by atoms with Crippen molar-refractivity contribution in [2.75, 3.05) is 26.2 Å². The van der Waals surface area contributed by atoms with Crippen molar-refractivity contribution in [3.05, 3.63) is 16.1 Å². The first-order valence-corrected chi connectivity index (χ1v) is 9.18. The summed E-state index contributed by atoms with van der Waals surface area (Å²) < 4.78 is 0. The highest BCUT2D eigenvalue weighted by Gasteiger charge is 2.33. The maximum absolute atomic E-state index is 12.4. The van der Waals surface area contributed by atoms with Crippen molar-refractivity contribution in [3.8, 4) is 0 Å². The Bertz CT molecular complexity index is 511. The molecule has 0 unspecified atom stereocenters. The maximum Gasteiger partial charge on any atom is 0.228 e. The van der Waals surface area contributed by atoms with Crippen molar-refractivity contribution in [3.63, 3.8) is 0 Å². The Balaban J connectivity index is 1.49. The van der Waals surface area contributed by atoms with Gasteiger partial charge in [0.05, 0.1) is 23.2 Å². The number of aryl methyl sites for hydroxylation is 1. The first kappa shape index (κ1) is 15.9. The number of aliphatic hydroxyl groups excluding tert-OH is 1. The molecule has 3 rings (SSSR count). The van der Waals surface area contributed by atoms with Gasteiger partial charge in [-0.2, -0.15) is 0 Å². The zero-order chi connectivity index (χ0) is 15.5. The quantitative estimate of drug-likeness (QED) is 0.907. The number of carbonyl (C=O) groups is 1. The maximum atomic E-state index is 12.4. The first-order chi connectivity index (χ1) is 10.7. The summed E-state index contributed by atoms with van der Waals surface area (Å²) in [6.45, 7) is 5.39. The predicted octanol–water partition coefficient (Wildman–Crippen LogP) is 1.31. The summed E-state index contributed by atoms with van der Waals surface area (Å²) in [4.78, 5) is 21.2. The van der Waals surface area contributed by atoms with Crippen LogP contribution >= 0.6 is 11.3 Å². The molecule has 6 heteroatoms. The third kappa shape index (κ3) is 3.50. The summed E-state index contributed by atoms with van der Waals surface area (Å²) >= 11 is 1.64. The molecule has 1 aromatic heterocycles. The lowest BCUT2D eigenvalue weighted by atomic mass is 10.1. The van der Waals surface area contributed by atoms with Crippen LogP contribution in [-0.4, -0.2) is 64.1 Å². The summed E-state index contributed by atoms with van der Waals surface area (Å²) in [5.41, 5.74) is 0.903. The Morgan fingerprint density at radius 3 is 2.73 bits per heavy atom. The smallest absolute Gasteiger partial charge is 0.228 e. The number of aliphatic hydroxyl groups is 1. The van der Waals surface area contributed by atoms with Crippen molar-refractivity contribution in [1.82, 2.24) is 14.8 Å². The van der Waals surface area contributed by atoms with Crippen LogP contribution in [0.3, 0.4) is 0 Å². The summed E-state index contributed by atoms with van der Waals surface area (Å²) in [6, 6.07) is 0.308. The van der Waals surface area contributed by atoms with Gasteiger partial charge in [0.2, 0.25) is 5.91 Å². The Morgan fingerprint density at radius 2 is 2.14 bits per heavy atom. The Labute approximate surface area is 135 Å². The van der Waals surface area contributed by atoms with E-state index in [0.717, 1.165) is 62.6 Å². The number of amides is 1. The molecule has 0 aromatic carbocycles. The van der Waals surface area contributed by atoms with Crippen LogP contribution < -0.4 is 0 Å². The van der Waals surface area contributed by atoms with E-state index in [0.29, 0.717) is 12.5 Å². The van der Waals surface area contributed by atoms with Crippen LogP contribution in [0.2, 0.25) is 0 Å². The van der Waals surface area contributed by atoms with Crippen molar-refractivity contribution in [2.24, 2.45) is 0 Å². The molecule has 1 aliphatic heterocycles. The third-order valence-corrected chi connectivity index (χ3v) is 5.86. The molecule has 2 atom stereocenters. The molecular weight excluding hydrogens is 298 g/mol. The highest BCUT2D eigenvalue weighted by Crippen LogP contribution is 2.25. The van der Waals surface area contributed by atoms with Crippen LogP contribution in [0.5, 0.6) is 0 Å². The molecule has 0 radical (unpaired) electrons. The molecule has 1 aromatic rings. The van der Waals surface area contributed by atoms with Gasteiger partial charge >= 0.3 is 0 Å². The molecule has 2 heterocycles. The minimum atomic E-state index is -0.176. The van der Waals surface area contributed by atoms with Gasteiger partial charge in [-0.1, -0.05) is 6.92 Å². The third-order valence-electron chi connectivity index (χ3n) is 4.81. The fourth-order valence-electron chi connectivity index (χ4n) is 3.51. The monoisotopic (exact) mass is 323 g/mol. The molecule has 2 aliphatic rings. The van der Waals surface area contributed by atoms with Crippen LogP contribution in [0, 0.1) is 0 Å². The SMILES string of the molecule is CCc1nc(CC(=O)N2CCN([C@@H]3CCC[C@H]3O)CC2)cs1. The van der Waals surface area contributed by atoms with Gasteiger partial charge in [0.15, 0.2) is 0 Å². The second-order valence-corrected chi connectivity index (χ2v) is 7.19. The average Bonchev–Trinajstić information content (AvgIpc) is 3.16. The van der Waals surface area contributed by atoms with E-state index >= 15 is 0 Å². The first-order valence-electron chi connectivity index (χ1n) is 8.30. The lowest BCUT2D eigenvalue weighted by Gasteiger charge is -2.39. The minimum Gasteiger partial charge on any atom is -0.391 e. The Kier molecular flexibility index (Phi) is 5.10. The van der Waals surface area contributed by atoms with Crippen LogP contribution in [0.4, 0.5) is 0 Å². The van der Waals surface area contributed by atoms with Gasteiger partial charge in [0, 0.05) is 37.6 Å². The molecule has 1 N–H and O–H groups in total. The number of rotatable bonds is 4. The van der Waals surface area contributed by atoms with E-state index in [1.54, 1.807) is 11.3 Å². The average molecular weight is 323 g/mol. The van der Waals surface area contributed by atoms with Gasteiger partial charge in [0.1, 0.15) is 0 Å². The highest BCUT2D eigenvalue weighted by atomic mass is 32.1. The van der Waals surface area contributed by atoms with Gasteiger partial charge in [-0.05, 0) is 25.7 Å². The van der Waals surface area contributed by atoms with Gasteiger partial charge in [-0.3, -0.25) is 9.69 Å². The van der Waals surface area contributed by atoms with Gasteiger partial charge < -0.3 is 10.0 Å². The molecule has 1 amide bonds. The number of hydrogen-bond acceptors (Lipinski definition) is 5. The number of thiazole rings is 1. The molecule has 0 bridgehead atoms. The molecule has 1 saturated heterocycles. The number of piperazine rings is 1. The number of carbonyl (C=O) groups excluding carboxylic acids is 1. The van der Waals surface area contributed by atoms with E-state index in [4.69, 9.17) is 0 Å². The molecule has 5 nitrogen and oxygen atoms in total. The predicted molar refractivity (Wildman–Crippen MR) is 87.0 cm³/mol. The Hall–Kier alpha value is -0.980. The lowest BCUT2D eigenvalue weighted by molar-refractivity contribution is -0.132.